The molecule has 0 saturated carbocycles. The van der Waals surface area contributed by atoms with Crippen LogP contribution in [0, 0.1) is 0 Å². The summed E-state index contributed by atoms with van der Waals surface area (Å²) in [7, 11) is 0. The highest BCUT2D eigenvalue weighted by Crippen LogP contribution is 2.34. The van der Waals surface area contributed by atoms with Crippen LogP contribution in [0.2, 0.25) is 0 Å². The summed E-state index contributed by atoms with van der Waals surface area (Å²) in [6.45, 7) is 3.57. The zero-order valence-corrected chi connectivity index (χ0v) is 11.1. The molecule has 0 radical (unpaired) electrons. The third-order valence-corrected chi connectivity index (χ3v) is 4.32. The van der Waals surface area contributed by atoms with Gasteiger partial charge in [-0.2, -0.15) is 0 Å². The number of hydrogen-bond acceptors (Lipinski definition) is 3. The van der Waals surface area contributed by atoms with Gasteiger partial charge in [-0.05, 0) is 30.9 Å². The minimum absolute atomic E-state index is 0.118. The maximum absolute atomic E-state index is 11.7. The van der Waals surface area contributed by atoms with Gasteiger partial charge in [0.25, 0.3) is 0 Å². The van der Waals surface area contributed by atoms with Gasteiger partial charge < -0.3 is 9.84 Å². The summed E-state index contributed by atoms with van der Waals surface area (Å²) in [4.78, 5) is 13.8. The van der Waals surface area contributed by atoms with Gasteiger partial charge in [0.15, 0.2) is 0 Å². The van der Waals surface area contributed by atoms with Crippen LogP contribution >= 0.6 is 0 Å². The number of carbonyl (C=O) groups is 1. The number of fused-ring (bicyclic) bond motifs is 1. The summed E-state index contributed by atoms with van der Waals surface area (Å²) < 4.78 is 5.60. The van der Waals surface area contributed by atoms with E-state index in [1.54, 1.807) is 0 Å². The first-order valence-corrected chi connectivity index (χ1v) is 6.86. The summed E-state index contributed by atoms with van der Waals surface area (Å²) in [5.41, 5.74) is 2.11. The molecule has 102 valence electrons. The molecule has 1 aromatic rings. The molecule has 0 aromatic heterocycles. The molecular formula is C15H19NO3. The zero-order chi connectivity index (χ0) is 13.4. The van der Waals surface area contributed by atoms with Gasteiger partial charge in [0.2, 0.25) is 0 Å². The number of ether oxygens (including phenoxy) is 1. The van der Waals surface area contributed by atoms with Crippen LogP contribution in [0.5, 0.6) is 0 Å². The molecule has 1 N–H and O–H groups in total. The molecule has 1 aromatic carbocycles. The van der Waals surface area contributed by atoms with E-state index in [1.165, 1.54) is 0 Å². The average Bonchev–Trinajstić information content (AvgIpc) is 2.83. The van der Waals surface area contributed by atoms with Crippen LogP contribution in [0.1, 0.15) is 30.5 Å². The van der Waals surface area contributed by atoms with Gasteiger partial charge in [-0.25, -0.2) is 0 Å². The molecule has 0 aliphatic carbocycles. The fourth-order valence-electron chi connectivity index (χ4n) is 3.37. The molecule has 0 bridgehead atoms. The maximum atomic E-state index is 11.7. The van der Waals surface area contributed by atoms with E-state index in [1.807, 2.05) is 31.2 Å². The first-order chi connectivity index (χ1) is 9.18. The largest absolute Gasteiger partial charge is 0.480 e. The molecule has 4 heteroatoms. The molecule has 4 nitrogen and oxygen atoms in total. The van der Waals surface area contributed by atoms with Gasteiger partial charge >= 0.3 is 5.97 Å². The Kier molecular flexibility index (Phi) is 3.29. The molecule has 19 heavy (non-hydrogen) atoms. The van der Waals surface area contributed by atoms with Crippen molar-refractivity contribution in [3.05, 3.63) is 35.4 Å². The molecule has 1 saturated heterocycles. The van der Waals surface area contributed by atoms with Crippen LogP contribution in [-0.4, -0.2) is 41.3 Å². The number of hydrogen-bond donors (Lipinski definition) is 1. The summed E-state index contributed by atoms with van der Waals surface area (Å²) in [5, 5.41) is 9.62. The lowest BCUT2D eigenvalue weighted by atomic mass is 9.90. The minimum atomic E-state index is -0.758. The highest BCUT2D eigenvalue weighted by atomic mass is 16.5. The van der Waals surface area contributed by atoms with Crippen molar-refractivity contribution >= 4 is 5.97 Å². The highest BCUT2D eigenvalue weighted by Gasteiger charge is 2.40. The van der Waals surface area contributed by atoms with Crippen molar-refractivity contribution in [2.75, 3.05) is 13.2 Å². The molecule has 1 fully saturated rings. The number of carboxylic acid groups (broad SMARTS) is 1. The van der Waals surface area contributed by atoms with Crippen molar-refractivity contribution in [3.63, 3.8) is 0 Å². The fraction of sp³-hybridized carbons (Fsp3) is 0.533. The van der Waals surface area contributed by atoms with E-state index in [-0.39, 0.29) is 12.1 Å². The third kappa shape index (κ3) is 2.15. The predicted molar refractivity (Wildman–Crippen MR) is 71.0 cm³/mol. The van der Waals surface area contributed by atoms with Crippen LogP contribution in [0.4, 0.5) is 0 Å². The van der Waals surface area contributed by atoms with Crippen molar-refractivity contribution in [3.8, 4) is 0 Å². The Labute approximate surface area is 113 Å². The Morgan fingerprint density at radius 1 is 1.42 bits per heavy atom. The molecule has 3 rings (SSSR count). The summed E-state index contributed by atoms with van der Waals surface area (Å²) in [6.07, 6.45) is 1.96. The average molecular weight is 261 g/mol. The monoisotopic (exact) mass is 261 g/mol. The number of benzene rings is 1. The minimum Gasteiger partial charge on any atom is -0.480 e. The van der Waals surface area contributed by atoms with Crippen LogP contribution in [0.3, 0.4) is 0 Å². The molecule has 2 aliphatic heterocycles. The standard InChI is InChI=1S/C15H19NO3/c1-10-13(7-9-19-10)16-8-6-11-4-2-3-5-12(11)14(16)15(17)18/h2-5,10,13-14H,6-9H2,1H3,(H,17,18). The normalized spacial score (nSPS) is 31.1. The SMILES string of the molecule is CC1OCCC1N1CCc2ccccc2C1C(=O)O. The Bertz CT molecular complexity index is 488. The van der Waals surface area contributed by atoms with Crippen molar-refractivity contribution in [1.82, 2.24) is 4.90 Å². The second-order valence-electron chi connectivity index (χ2n) is 5.36. The van der Waals surface area contributed by atoms with Gasteiger partial charge in [-0.1, -0.05) is 24.3 Å². The van der Waals surface area contributed by atoms with E-state index in [9.17, 15) is 9.90 Å². The van der Waals surface area contributed by atoms with Gasteiger partial charge in [-0.3, -0.25) is 9.69 Å². The molecule has 0 amide bonds. The topological polar surface area (TPSA) is 49.8 Å². The van der Waals surface area contributed by atoms with E-state index in [0.717, 1.165) is 37.1 Å². The third-order valence-electron chi connectivity index (χ3n) is 4.32. The summed E-state index contributed by atoms with van der Waals surface area (Å²) >= 11 is 0. The number of nitrogens with zero attached hydrogens (tertiary/aromatic N) is 1. The summed E-state index contributed by atoms with van der Waals surface area (Å²) in [6, 6.07) is 7.58. The van der Waals surface area contributed by atoms with Crippen molar-refractivity contribution in [1.29, 1.82) is 0 Å². The smallest absolute Gasteiger partial charge is 0.325 e. The van der Waals surface area contributed by atoms with Crippen molar-refractivity contribution in [2.45, 2.75) is 38.0 Å². The molecule has 2 aliphatic rings. The number of aliphatic carboxylic acids is 1. The van der Waals surface area contributed by atoms with E-state index in [4.69, 9.17) is 4.74 Å². The lowest BCUT2D eigenvalue weighted by Gasteiger charge is -2.39. The number of rotatable bonds is 2. The fourth-order valence-corrected chi connectivity index (χ4v) is 3.37. The van der Waals surface area contributed by atoms with Crippen molar-refractivity contribution < 1.29 is 14.6 Å². The first-order valence-electron chi connectivity index (χ1n) is 6.86. The second-order valence-corrected chi connectivity index (χ2v) is 5.36. The maximum Gasteiger partial charge on any atom is 0.325 e. The second kappa shape index (κ2) is 4.94. The van der Waals surface area contributed by atoms with Gasteiger partial charge in [0.05, 0.1) is 6.10 Å². The van der Waals surface area contributed by atoms with Gasteiger partial charge in [-0.15, -0.1) is 0 Å². The van der Waals surface area contributed by atoms with E-state index < -0.39 is 12.0 Å². The van der Waals surface area contributed by atoms with E-state index in [0.29, 0.717) is 0 Å². The lowest BCUT2D eigenvalue weighted by molar-refractivity contribution is -0.145. The highest BCUT2D eigenvalue weighted by molar-refractivity contribution is 5.76. The van der Waals surface area contributed by atoms with Crippen LogP contribution in [0.25, 0.3) is 0 Å². The zero-order valence-electron chi connectivity index (χ0n) is 11.1. The number of carboxylic acids is 1. The van der Waals surface area contributed by atoms with E-state index in [2.05, 4.69) is 4.90 Å². The van der Waals surface area contributed by atoms with Crippen LogP contribution in [-0.2, 0) is 16.0 Å². The summed E-state index contributed by atoms with van der Waals surface area (Å²) in [5.74, 6) is -0.758. The molecule has 3 atom stereocenters. The van der Waals surface area contributed by atoms with Crippen molar-refractivity contribution in [2.24, 2.45) is 0 Å². The van der Waals surface area contributed by atoms with Gasteiger partial charge in [0, 0.05) is 19.2 Å². The predicted octanol–water partition coefficient (Wildman–Crippen LogP) is 1.85. The molecular weight excluding hydrogens is 242 g/mol. The molecule has 3 unspecified atom stereocenters. The van der Waals surface area contributed by atoms with Crippen LogP contribution < -0.4 is 0 Å². The Morgan fingerprint density at radius 2 is 2.21 bits per heavy atom. The molecule has 2 heterocycles. The Balaban J connectivity index is 1.96. The first kappa shape index (κ1) is 12.6. The quantitative estimate of drug-likeness (QED) is 0.882. The van der Waals surface area contributed by atoms with E-state index >= 15 is 0 Å². The lowest BCUT2D eigenvalue weighted by Crippen LogP contribution is -2.48. The Morgan fingerprint density at radius 3 is 2.89 bits per heavy atom. The van der Waals surface area contributed by atoms with Gasteiger partial charge in [0.1, 0.15) is 6.04 Å². The molecule has 0 spiro atoms. The van der Waals surface area contributed by atoms with Crippen LogP contribution in [0.15, 0.2) is 24.3 Å². The Hall–Kier alpha value is -1.39.